The van der Waals surface area contributed by atoms with E-state index in [-0.39, 0.29) is 11.3 Å². The molecule has 0 radical (unpaired) electrons. The van der Waals surface area contributed by atoms with Crippen molar-refractivity contribution in [1.82, 2.24) is 4.90 Å². The highest BCUT2D eigenvalue weighted by molar-refractivity contribution is 5.81. The van der Waals surface area contributed by atoms with Gasteiger partial charge in [0.2, 0.25) is 0 Å². The maximum Gasteiger partial charge on any atom is 0.263 e. The van der Waals surface area contributed by atoms with E-state index in [4.69, 9.17) is 10.5 Å². The number of rotatable bonds is 5. The minimum absolute atomic E-state index is 0.0445. The lowest BCUT2D eigenvalue weighted by atomic mass is 9.90. The van der Waals surface area contributed by atoms with Gasteiger partial charge in [-0.3, -0.25) is 4.79 Å². The van der Waals surface area contributed by atoms with E-state index in [0.717, 1.165) is 30.8 Å². The van der Waals surface area contributed by atoms with Gasteiger partial charge in [-0.1, -0.05) is 32.9 Å². The second-order valence-electron chi connectivity index (χ2n) is 7.46. The van der Waals surface area contributed by atoms with E-state index in [1.165, 1.54) is 5.56 Å². The third-order valence-corrected chi connectivity index (χ3v) is 4.89. The van der Waals surface area contributed by atoms with Gasteiger partial charge < -0.3 is 15.4 Å². The molecule has 1 heterocycles. The Hall–Kier alpha value is -1.55. The van der Waals surface area contributed by atoms with Crippen LogP contribution in [0.5, 0.6) is 5.75 Å². The molecule has 4 nitrogen and oxygen atoms in total. The molecule has 1 aliphatic heterocycles. The Bertz CT molecular complexity index is 570. The molecule has 1 aromatic carbocycles. The summed E-state index contributed by atoms with van der Waals surface area (Å²) in [7, 11) is 0. The van der Waals surface area contributed by atoms with Gasteiger partial charge in [0, 0.05) is 13.1 Å². The summed E-state index contributed by atoms with van der Waals surface area (Å²) in [5, 5.41) is 0. The average molecular weight is 318 g/mol. The fraction of sp³-hybridized carbons (Fsp3) is 0.632. The number of carbonyl (C=O) groups is 1. The van der Waals surface area contributed by atoms with Crippen LogP contribution in [0.3, 0.4) is 0 Å². The Morgan fingerprint density at radius 1 is 1.39 bits per heavy atom. The van der Waals surface area contributed by atoms with Crippen molar-refractivity contribution in [3.05, 3.63) is 29.3 Å². The number of amides is 1. The lowest BCUT2D eigenvalue weighted by Crippen LogP contribution is -2.41. The second-order valence-corrected chi connectivity index (χ2v) is 7.46. The molecule has 1 amide bonds. The predicted molar refractivity (Wildman–Crippen MR) is 93.7 cm³/mol. The predicted octanol–water partition coefficient (Wildman–Crippen LogP) is 3.08. The largest absolute Gasteiger partial charge is 0.481 e. The Morgan fingerprint density at radius 2 is 2.09 bits per heavy atom. The Kier molecular flexibility index (Phi) is 5.35. The fourth-order valence-electron chi connectivity index (χ4n) is 2.98. The summed E-state index contributed by atoms with van der Waals surface area (Å²) < 4.78 is 5.99. The van der Waals surface area contributed by atoms with Crippen LogP contribution in [-0.4, -0.2) is 36.5 Å². The fourth-order valence-corrected chi connectivity index (χ4v) is 2.98. The first-order valence-corrected chi connectivity index (χ1v) is 8.52. The molecule has 2 rings (SSSR count). The highest BCUT2D eigenvalue weighted by Gasteiger charge is 2.36. The first-order chi connectivity index (χ1) is 10.8. The molecule has 2 atom stereocenters. The highest BCUT2D eigenvalue weighted by Crippen LogP contribution is 2.30. The van der Waals surface area contributed by atoms with Gasteiger partial charge in [0.1, 0.15) is 5.75 Å². The van der Waals surface area contributed by atoms with Crippen molar-refractivity contribution in [3.63, 3.8) is 0 Å². The summed E-state index contributed by atoms with van der Waals surface area (Å²) in [6.07, 6.45) is 0.486. The number of nitrogens with zero attached hydrogens (tertiary/aromatic N) is 1. The minimum atomic E-state index is -0.476. The van der Waals surface area contributed by atoms with Crippen molar-refractivity contribution in [1.29, 1.82) is 0 Å². The average Bonchev–Trinajstić information content (AvgIpc) is 2.91. The monoisotopic (exact) mass is 318 g/mol. The van der Waals surface area contributed by atoms with Gasteiger partial charge in [-0.15, -0.1) is 0 Å². The van der Waals surface area contributed by atoms with Crippen LogP contribution in [0.4, 0.5) is 0 Å². The third kappa shape index (κ3) is 4.05. The zero-order chi connectivity index (χ0) is 17.2. The number of likely N-dealkylation sites (tertiary alicyclic amines) is 1. The van der Waals surface area contributed by atoms with Crippen LogP contribution in [0.1, 0.15) is 51.2 Å². The molecule has 2 unspecified atom stereocenters. The third-order valence-electron chi connectivity index (χ3n) is 4.89. The van der Waals surface area contributed by atoms with E-state index in [0.29, 0.717) is 12.5 Å². The van der Waals surface area contributed by atoms with E-state index >= 15 is 0 Å². The summed E-state index contributed by atoms with van der Waals surface area (Å²) in [5.41, 5.74) is 8.15. The molecule has 23 heavy (non-hydrogen) atoms. The van der Waals surface area contributed by atoms with Crippen LogP contribution in [-0.2, 0) is 4.79 Å². The molecule has 1 fully saturated rings. The van der Waals surface area contributed by atoms with Crippen molar-refractivity contribution in [2.24, 2.45) is 11.1 Å². The molecule has 2 N–H and O–H groups in total. The number of aryl methyl sites for hydroxylation is 1. The highest BCUT2D eigenvalue weighted by atomic mass is 16.5. The molecule has 1 aliphatic rings. The molecular weight excluding hydrogens is 288 g/mol. The summed E-state index contributed by atoms with van der Waals surface area (Å²) in [6, 6.07) is 6.23. The molecule has 0 bridgehead atoms. The van der Waals surface area contributed by atoms with E-state index in [9.17, 15) is 4.79 Å². The Labute approximate surface area is 140 Å². The van der Waals surface area contributed by atoms with Crippen molar-refractivity contribution in [2.75, 3.05) is 19.6 Å². The standard InChI is InChI=1S/C19H30N2O2/c1-13(2)16-7-6-14(3)17(10-16)23-15(4)18(22)21-9-8-19(5,11-20)12-21/h6-7,10,13,15H,8-9,11-12,20H2,1-5H3. The second kappa shape index (κ2) is 6.91. The molecule has 1 aromatic rings. The number of ether oxygens (including phenoxy) is 1. The van der Waals surface area contributed by atoms with Gasteiger partial charge in [0.05, 0.1) is 0 Å². The number of hydrogen-bond acceptors (Lipinski definition) is 3. The minimum Gasteiger partial charge on any atom is -0.481 e. The van der Waals surface area contributed by atoms with E-state index < -0.39 is 6.10 Å². The smallest absolute Gasteiger partial charge is 0.263 e. The van der Waals surface area contributed by atoms with E-state index in [1.807, 2.05) is 18.7 Å². The lowest BCUT2D eigenvalue weighted by Gasteiger charge is -2.25. The van der Waals surface area contributed by atoms with Gasteiger partial charge in [-0.05, 0) is 55.3 Å². The van der Waals surface area contributed by atoms with Crippen LogP contribution in [0.25, 0.3) is 0 Å². The number of carbonyl (C=O) groups excluding carboxylic acids is 1. The van der Waals surface area contributed by atoms with Crippen molar-refractivity contribution < 1.29 is 9.53 Å². The maximum absolute atomic E-state index is 12.6. The van der Waals surface area contributed by atoms with Gasteiger partial charge in [-0.25, -0.2) is 0 Å². The SMILES string of the molecule is Cc1ccc(C(C)C)cc1OC(C)C(=O)N1CCC(C)(CN)C1. The number of hydrogen-bond donors (Lipinski definition) is 1. The lowest BCUT2D eigenvalue weighted by molar-refractivity contribution is -0.137. The molecule has 0 saturated carbocycles. The molecule has 0 aliphatic carbocycles. The van der Waals surface area contributed by atoms with Crippen molar-refractivity contribution >= 4 is 5.91 Å². The van der Waals surface area contributed by atoms with Crippen LogP contribution in [0, 0.1) is 12.3 Å². The van der Waals surface area contributed by atoms with Gasteiger partial charge in [-0.2, -0.15) is 0 Å². The first kappa shape index (κ1) is 17.8. The van der Waals surface area contributed by atoms with Gasteiger partial charge >= 0.3 is 0 Å². The topological polar surface area (TPSA) is 55.6 Å². The summed E-state index contributed by atoms with van der Waals surface area (Å²) in [4.78, 5) is 14.5. The van der Waals surface area contributed by atoms with E-state index in [2.05, 4.69) is 39.0 Å². The number of benzene rings is 1. The quantitative estimate of drug-likeness (QED) is 0.907. The summed E-state index contributed by atoms with van der Waals surface area (Å²) >= 11 is 0. The van der Waals surface area contributed by atoms with Gasteiger partial charge in [0.25, 0.3) is 5.91 Å². The number of nitrogens with two attached hydrogens (primary N) is 1. The first-order valence-electron chi connectivity index (χ1n) is 8.52. The zero-order valence-corrected chi connectivity index (χ0v) is 15.1. The molecule has 128 valence electrons. The van der Waals surface area contributed by atoms with Crippen molar-refractivity contribution in [3.8, 4) is 5.75 Å². The summed E-state index contributed by atoms with van der Waals surface area (Å²) in [5.74, 6) is 1.29. The van der Waals surface area contributed by atoms with Gasteiger partial charge in [0.15, 0.2) is 6.10 Å². The van der Waals surface area contributed by atoms with Crippen LogP contribution < -0.4 is 10.5 Å². The Morgan fingerprint density at radius 3 is 2.65 bits per heavy atom. The molecular formula is C19H30N2O2. The van der Waals surface area contributed by atoms with E-state index in [1.54, 1.807) is 0 Å². The summed E-state index contributed by atoms with van der Waals surface area (Å²) in [6.45, 7) is 12.4. The molecule has 4 heteroatoms. The van der Waals surface area contributed by atoms with Crippen molar-refractivity contribution in [2.45, 2.75) is 53.1 Å². The normalized spacial score (nSPS) is 22.5. The van der Waals surface area contributed by atoms with Crippen LogP contribution in [0.15, 0.2) is 18.2 Å². The Balaban J connectivity index is 2.06. The maximum atomic E-state index is 12.6. The van der Waals surface area contributed by atoms with Crippen LogP contribution >= 0.6 is 0 Å². The molecule has 0 spiro atoms. The molecule has 0 aromatic heterocycles. The molecule has 1 saturated heterocycles. The zero-order valence-electron chi connectivity index (χ0n) is 15.1. The van der Waals surface area contributed by atoms with Crippen LogP contribution in [0.2, 0.25) is 0 Å².